The molecule has 390 valence electrons. The standard InChI is InChI=1S/C56H60ClN9O7S2/c1-28-31(4)75-55-47(28)48(34-14-16-37(57)17-15-34)61-42(51-64-63-32(5)66(51)55)25-46(67)60-38-22-40(23-38)72-39-18-19-44-36(20-39)21-45(73-44)53(69)62-50(56(6,7)8)54(70)65-26-41(71-9)24-43(65)52(68)59-29(2)33-10-12-35(13-11-33)49-30(3)58-27-74-49/h10-21,27,29,38,40-43,50H,22-26H2,1-9H3,(H,59,68)(H,60,67)(H,62,69)/t29-,38?,40?,41-,42-,43-,50+/m0/s1. The molecule has 0 spiro atoms. The fraction of sp³-hybridized carbons (Fsp3) is 0.393. The van der Waals surface area contributed by atoms with E-state index >= 15 is 0 Å². The van der Waals surface area contributed by atoms with Gasteiger partial charge in [-0.1, -0.05) is 68.8 Å². The van der Waals surface area contributed by atoms with Gasteiger partial charge in [0, 0.05) is 65.4 Å². The molecule has 2 fully saturated rings. The van der Waals surface area contributed by atoms with Crippen molar-refractivity contribution in [3.05, 3.63) is 134 Å². The number of furan rings is 1. The van der Waals surface area contributed by atoms with E-state index in [1.165, 1.54) is 9.78 Å². The molecule has 6 heterocycles. The molecule has 0 bridgehead atoms. The Labute approximate surface area is 448 Å². The minimum absolute atomic E-state index is 0.0269. The van der Waals surface area contributed by atoms with Crippen LogP contribution in [-0.4, -0.2) is 98.0 Å². The van der Waals surface area contributed by atoms with Crippen LogP contribution in [0, 0.1) is 33.1 Å². The van der Waals surface area contributed by atoms with Crippen molar-refractivity contribution in [2.75, 3.05) is 13.7 Å². The number of carbonyl (C=O) groups is 4. The summed E-state index contributed by atoms with van der Waals surface area (Å²) in [5.74, 6) is 0.547. The van der Waals surface area contributed by atoms with Crippen molar-refractivity contribution in [1.29, 1.82) is 0 Å². The van der Waals surface area contributed by atoms with Crippen LogP contribution in [0.5, 0.6) is 5.75 Å². The van der Waals surface area contributed by atoms with Crippen LogP contribution < -0.4 is 20.7 Å². The maximum atomic E-state index is 14.6. The zero-order valence-corrected chi connectivity index (χ0v) is 45.7. The number of hydrogen-bond donors (Lipinski definition) is 3. The number of aromatic nitrogens is 4. The summed E-state index contributed by atoms with van der Waals surface area (Å²) in [6, 6.07) is 19.8. The van der Waals surface area contributed by atoms with Gasteiger partial charge in [-0.15, -0.1) is 32.9 Å². The molecule has 75 heavy (non-hydrogen) atoms. The highest BCUT2D eigenvalue weighted by Crippen LogP contribution is 2.40. The van der Waals surface area contributed by atoms with Crippen LogP contribution in [0.3, 0.4) is 0 Å². The molecular formula is C56H60ClN9O7S2. The topological polar surface area (TPSA) is 195 Å². The van der Waals surface area contributed by atoms with Crippen molar-refractivity contribution >= 4 is 74.6 Å². The van der Waals surface area contributed by atoms with Crippen LogP contribution in [0.25, 0.3) is 26.4 Å². The van der Waals surface area contributed by atoms with Gasteiger partial charge in [0.1, 0.15) is 46.4 Å². The number of fused-ring (bicyclic) bond motifs is 4. The Morgan fingerprint density at radius 2 is 1.64 bits per heavy atom. The number of methoxy groups -OCH3 is 1. The summed E-state index contributed by atoms with van der Waals surface area (Å²) >= 11 is 9.53. The molecule has 3 N–H and O–H groups in total. The molecule has 4 amide bonds. The average Bonchev–Trinajstić information content (AvgIpc) is 4.21. The normalized spacial score (nSPS) is 20.1. The summed E-state index contributed by atoms with van der Waals surface area (Å²) < 4.78 is 20.1. The second kappa shape index (κ2) is 20.8. The van der Waals surface area contributed by atoms with Gasteiger partial charge in [0.2, 0.25) is 17.7 Å². The van der Waals surface area contributed by atoms with Crippen LogP contribution >= 0.6 is 34.3 Å². The molecule has 0 unspecified atom stereocenters. The fourth-order valence-electron chi connectivity index (χ4n) is 10.1. The molecule has 1 saturated carbocycles. The van der Waals surface area contributed by atoms with Gasteiger partial charge in [0.15, 0.2) is 11.6 Å². The van der Waals surface area contributed by atoms with Gasteiger partial charge in [-0.05, 0) is 93.1 Å². The Kier molecular flexibility index (Phi) is 14.3. The first-order valence-electron chi connectivity index (χ1n) is 25.1. The number of thiophene rings is 1. The van der Waals surface area contributed by atoms with Gasteiger partial charge in [-0.25, -0.2) is 4.98 Å². The van der Waals surface area contributed by atoms with E-state index in [2.05, 4.69) is 45.0 Å². The summed E-state index contributed by atoms with van der Waals surface area (Å²) in [4.78, 5) is 69.7. The number of ether oxygens (including phenoxy) is 2. The number of thiazole rings is 1. The summed E-state index contributed by atoms with van der Waals surface area (Å²) in [7, 11) is 1.57. The summed E-state index contributed by atoms with van der Waals surface area (Å²) in [6.07, 6.45) is 1.08. The lowest BCUT2D eigenvalue weighted by atomic mass is 9.85. The number of amides is 4. The quantitative estimate of drug-likeness (QED) is 0.0944. The smallest absolute Gasteiger partial charge is 0.287 e. The van der Waals surface area contributed by atoms with E-state index in [9.17, 15) is 19.2 Å². The predicted octanol–water partition coefficient (Wildman–Crippen LogP) is 9.73. The van der Waals surface area contributed by atoms with Crippen LogP contribution in [0.2, 0.25) is 5.02 Å². The van der Waals surface area contributed by atoms with E-state index in [0.29, 0.717) is 46.8 Å². The van der Waals surface area contributed by atoms with Crippen molar-refractivity contribution in [2.45, 2.75) is 123 Å². The van der Waals surface area contributed by atoms with Crippen molar-refractivity contribution in [1.82, 2.24) is 40.6 Å². The van der Waals surface area contributed by atoms with E-state index in [1.54, 1.807) is 48.0 Å². The van der Waals surface area contributed by atoms with E-state index in [-0.39, 0.29) is 54.8 Å². The Morgan fingerprint density at radius 3 is 2.33 bits per heavy atom. The molecule has 1 saturated heterocycles. The lowest BCUT2D eigenvalue weighted by Gasteiger charge is -2.36. The molecule has 4 aromatic heterocycles. The van der Waals surface area contributed by atoms with Crippen LogP contribution in [-0.2, 0) is 19.1 Å². The summed E-state index contributed by atoms with van der Waals surface area (Å²) in [6.45, 7) is 15.8. The number of carbonyl (C=O) groups excluding carboxylic acids is 4. The summed E-state index contributed by atoms with van der Waals surface area (Å²) in [5, 5.41) is 20.5. The highest BCUT2D eigenvalue weighted by atomic mass is 35.5. The molecule has 7 aromatic rings. The van der Waals surface area contributed by atoms with Gasteiger partial charge >= 0.3 is 0 Å². The van der Waals surface area contributed by atoms with Gasteiger partial charge in [0.25, 0.3) is 5.91 Å². The minimum Gasteiger partial charge on any atom is -0.490 e. The zero-order chi connectivity index (χ0) is 53.0. The minimum atomic E-state index is -1.01. The lowest BCUT2D eigenvalue weighted by Crippen LogP contribution is -2.57. The molecule has 5 atom stereocenters. The third-order valence-corrected chi connectivity index (χ3v) is 17.0. The molecular weight excluding hydrogens is 1010 g/mol. The van der Waals surface area contributed by atoms with E-state index in [1.807, 2.05) is 106 Å². The Morgan fingerprint density at radius 1 is 0.907 bits per heavy atom. The van der Waals surface area contributed by atoms with Crippen molar-refractivity contribution in [2.24, 2.45) is 10.4 Å². The summed E-state index contributed by atoms with van der Waals surface area (Å²) in [5.41, 5.74) is 8.32. The maximum absolute atomic E-state index is 14.6. The van der Waals surface area contributed by atoms with E-state index < -0.39 is 35.4 Å². The maximum Gasteiger partial charge on any atom is 0.287 e. The second-order valence-electron chi connectivity index (χ2n) is 20.9. The number of likely N-dealkylation sites (tertiary alicyclic amines) is 1. The van der Waals surface area contributed by atoms with Crippen LogP contribution in [0.15, 0.2) is 87.7 Å². The Bertz CT molecular complexity index is 3350. The third kappa shape index (κ3) is 10.5. The first kappa shape index (κ1) is 51.7. The first-order chi connectivity index (χ1) is 35.8. The van der Waals surface area contributed by atoms with Gasteiger partial charge in [-0.3, -0.25) is 28.7 Å². The SMILES string of the molecule is CO[C@H]1C[C@@H](C(=O)N[C@@H](C)c2ccc(-c3scnc3C)cc2)N(C(=O)[C@@H](NC(=O)c2cc3cc(OC4CC(NC(=O)C[C@@H]5N=C(c6ccc(Cl)cc6)c6c(sc(C)c6C)-n6c(C)nnc65)C4)ccc3o2)C(C)(C)C)C1. The molecule has 16 nitrogen and oxygen atoms in total. The number of aliphatic imine (C=N–C) groups is 1. The number of rotatable bonds is 14. The number of halogens is 1. The zero-order valence-electron chi connectivity index (χ0n) is 43.3. The van der Waals surface area contributed by atoms with Crippen molar-refractivity contribution in [3.63, 3.8) is 0 Å². The monoisotopic (exact) mass is 1070 g/mol. The van der Waals surface area contributed by atoms with E-state index in [4.69, 9.17) is 30.5 Å². The number of aryl methyl sites for hydroxylation is 3. The first-order valence-corrected chi connectivity index (χ1v) is 27.2. The van der Waals surface area contributed by atoms with Gasteiger partial charge < -0.3 is 34.7 Å². The predicted molar refractivity (Wildman–Crippen MR) is 290 cm³/mol. The largest absolute Gasteiger partial charge is 0.490 e. The lowest BCUT2D eigenvalue weighted by molar-refractivity contribution is -0.142. The molecule has 0 radical (unpaired) electrons. The fourth-order valence-corrected chi connectivity index (χ4v) is 12.3. The van der Waals surface area contributed by atoms with Crippen LogP contribution in [0.1, 0.15) is 120 Å². The highest BCUT2D eigenvalue weighted by Gasteiger charge is 2.46. The Balaban J connectivity index is 0.759. The van der Waals surface area contributed by atoms with Crippen molar-refractivity contribution in [3.8, 4) is 21.2 Å². The Hall–Kier alpha value is -6.73. The van der Waals surface area contributed by atoms with Crippen LogP contribution in [0.4, 0.5) is 0 Å². The van der Waals surface area contributed by atoms with Crippen molar-refractivity contribution < 1.29 is 33.1 Å². The van der Waals surface area contributed by atoms with E-state index in [0.717, 1.165) is 54.9 Å². The van der Waals surface area contributed by atoms with Gasteiger partial charge in [0.05, 0.1) is 40.4 Å². The number of nitrogens with one attached hydrogen (secondary N) is 3. The highest BCUT2D eigenvalue weighted by molar-refractivity contribution is 7.15. The molecule has 10 rings (SSSR count). The second-order valence-corrected chi connectivity index (χ2v) is 23.4. The number of nitrogens with zero attached hydrogens (tertiary/aromatic N) is 6. The molecule has 19 heteroatoms. The van der Waals surface area contributed by atoms with Gasteiger partial charge in [-0.2, -0.15) is 0 Å². The number of hydrogen-bond acceptors (Lipinski definition) is 13. The molecule has 3 aliphatic rings. The average molecular weight is 1070 g/mol. The third-order valence-electron chi connectivity index (χ3n) is 14.6. The molecule has 1 aliphatic carbocycles. The molecule has 2 aliphatic heterocycles. The molecule has 3 aromatic carbocycles. The number of benzene rings is 3.